The van der Waals surface area contributed by atoms with Gasteiger partial charge in [0.1, 0.15) is 5.52 Å². The third-order valence-electron chi connectivity index (χ3n) is 4.51. The second kappa shape index (κ2) is 6.33. The van der Waals surface area contributed by atoms with Gasteiger partial charge in [0.2, 0.25) is 0 Å². The maximum atomic E-state index is 14.4. The number of nitrogen functional groups attached to an aromatic ring is 1. The maximum absolute atomic E-state index is 14.4. The van der Waals surface area contributed by atoms with Gasteiger partial charge in [-0.15, -0.1) is 0 Å². The molecule has 1 saturated heterocycles. The molecule has 0 radical (unpaired) electrons. The van der Waals surface area contributed by atoms with Crippen LogP contribution < -0.4 is 10.6 Å². The van der Waals surface area contributed by atoms with Crippen LogP contribution in [0, 0.1) is 11.7 Å². The smallest absolute Gasteiger partial charge is 0.151 e. The van der Waals surface area contributed by atoms with E-state index in [1.807, 2.05) is 0 Å². The van der Waals surface area contributed by atoms with E-state index in [0.29, 0.717) is 35.7 Å². The van der Waals surface area contributed by atoms with Crippen LogP contribution in [0.25, 0.3) is 10.9 Å². The van der Waals surface area contributed by atoms with Crippen LogP contribution in [0.5, 0.6) is 0 Å². The summed E-state index contributed by atoms with van der Waals surface area (Å²) in [5, 5.41) is 14.6. The summed E-state index contributed by atoms with van der Waals surface area (Å²) in [6, 6.07) is 1.35. The number of aromatic nitrogens is 2. The normalized spacial score (nSPS) is 21.5. The summed E-state index contributed by atoms with van der Waals surface area (Å²) < 4.78 is 21.1. The molecule has 0 amide bonds. The van der Waals surface area contributed by atoms with E-state index >= 15 is 0 Å². The zero-order valence-electron chi connectivity index (χ0n) is 13.5. The van der Waals surface area contributed by atoms with Gasteiger partial charge in [-0.05, 0) is 12.3 Å². The van der Waals surface area contributed by atoms with Crippen molar-refractivity contribution in [2.45, 2.75) is 25.9 Å². The molecule has 6 nitrogen and oxygen atoms in total. The Labute approximate surface area is 134 Å². The fourth-order valence-electron chi connectivity index (χ4n) is 3.51. The first-order chi connectivity index (χ1) is 11.1. The molecule has 2 heterocycles. The number of methoxy groups -OCH3 is 1. The van der Waals surface area contributed by atoms with Gasteiger partial charge in [-0.3, -0.25) is 4.68 Å². The highest BCUT2D eigenvalue weighted by Gasteiger charge is 2.32. The van der Waals surface area contributed by atoms with E-state index in [-0.39, 0.29) is 18.5 Å². The van der Waals surface area contributed by atoms with E-state index in [4.69, 9.17) is 10.5 Å². The third-order valence-corrected chi connectivity index (χ3v) is 4.51. The van der Waals surface area contributed by atoms with Crippen molar-refractivity contribution >= 4 is 22.3 Å². The highest BCUT2D eigenvalue weighted by molar-refractivity contribution is 5.99. The Hall–Kier alpha value is -1.86. The lowest BCUT2D eigenvalue weighted by molar-refractivity contribution is 0.184. The van der Waals surface area contributed by atoms with E-state index in [1.165, 1.54) is 6.07 Å². The highest BCUT2D eigenvalue weighted by atomic mass is 19.1. The molecule has 0 saturated carbocycles. The molecule has 23 heavy (non-hydrogen) atoms. The minimum Gasteiger partial charge on any atom is -0.397 e. The SMILES string of the molecule is COCCn1ncc2c(N3C[C@@H](C)C[C@H]3CO)c(N)cc(F)c21. The molecule has 1 aromatic heterocycles. The highest BCUT2D eigenvalue weighted by Crippen LogP contribution is 2.39. The van der Waals surface area contributed by atoms with Gasteiger partial charge in [0.25, 0.3) is 0 Å². The molecule has 1 aliphatic heterocycles. The Bertz CT molecular complexity index is 703. The molecule has 1 aromatic carbocycles. The molecule has 2 atom stereocenters. The molecule has 3 rings (SSSR count). The quantitative estimate of drug-likeness (QED) is 0.818. The van der Waals surface area contributed by atoms with Gasteiger partial charge >= 0.3 is 0 Å². The van der Waals surface area contributed by atoms with Crippen molar-refractivity contribution in [1.29, 1.82) is 0 Å². The second-order valence-electron chi connectivity index (χ2n) is 6.25. The van der Waals surface area contributed by atoms with Crippen LogP contribution in [0.4, 0.5) is 15.8 Å². The van der Waals surface area contributed by atoms with Crippen LogP contribution >= 0.6 is 0 Å². The molecule has 1 aliphatic rings. The Balaban J connectivity index is 2.11. The van der Waals surface area contributed by atoms with Gasteiger partial charge in [-0.25, -0.2) is 4.39 Å². The van der Waals surface area contributed by atoms with Crippen molar-refractivity contribution in [2.24, 2.45) is 5.92 Å². The lowest BCUT2D eigenvalue weighted by atomic mass is 10.1. The lowest BCUT2D eigenvalue weighted by Crippen LogP contribution is -2.33. The van der Waals surface area contributed by atoms with Crippen molar-refractivity contribution in [2.75, 3.05) is 37.5 Å². The molecular weight excluding hydrogens is 299 g/mol. The molecule has 1 fully saturated rings. The second-order valence-corrected chi connectivity index (χ2v) is 6.25. The van der Waals surface area contributed by atoms with Crippen molar-refractivity contribution in [3.63, 3.8) is 0 Å². The number of anilines is 2. The summed E-state index contributed by atoms with van der Waals surface area (Å²) in [6.45, 7) is 3.91. The fourth-order valence-corrected chi connectivity index (χ4v) is 3.51. The first-order valence-electron chi connectivity index (χ1n) is 7.86. The summed E-state index contributed by atoms with van der Waals surface area (Å²) >= 11 is 0. The first-order valence-corrected chi connectivity index (χ1v) is 7.86. The van der Waals surface area contributed by atoms with Crippen molar-refractivity contribution in [3.8, 4) is 0 Å². The molecular formula is C16H23FN4O2. The van der Waals surface area contributed by atoms with Gasteiger partial charge in [0.15, 0.2) is 5.82 Å². The fraction of sp³-hybridized carbons (Fsp3) is 0.562. The number of rotatable bonds is 5. The van der Waals surface area contributed by atoms with E-state index in [1.54, 1.807) is 18.0 Å². The van der Waals surface area contributed by atoms with Crippen molar-refractivity contribution in [1.82, 2.24) is 9.78 Å². The number of halogens is 1. The predicted molar refractivity (Wildman–Crippen MR) is 88.0 cm³/mol. The molecule has 3 N–H and O–H groups in total. The maximum Gasteiger partial charge on any atom is 0.151 e. The molecule has 0 aliphatic carbocycles. The van der Waals surface area contributed by atoms with Gasteiger partial charge in [0, 0.05) is 25.1 Å². The van der Waals surface area contributed by atoms with E-state index in [0.717, 1.165) is 18.7 Å². The summed E-state index contributed by atoms with van der Waals surface area (Å²) in [4.78, 5) is 2.09. The van der Waals surface area contributed by atoms with Crippen LogP contribution in [0.15, 0.2) is 12.3 Å². The molecule has 126 valence electrons. The number of fused-ring (bicyclic) bond motifs is 1. The number of aliphatic hydroxyl groups excluding tert-OH is 1. The van der Waals surface area contributed by atoms with Crippen LogP contribution in [0.1, 0.15) is 13.3 Å². The number of hydrogen-bond acceptors (Lipinski definition) is 5. The monoisotopic (exact) mass is 322 g/mol. The number of nitrogens with two attached hydrogens (primary N) is 1. The molecule has 2 aromatic rings. The average molecular weight is 322 g/mol. The Morgan fingerprint density at radius 2 is 2.30 bits per heavy atom. The van der Waals surface area contributed by atoms with Crippen molar-refractivity contribution in [3.05, 3.63) is 18.1 Å². The van der Waals surface area contributed by atoms with Gasteiger partial charge in [-0.2, -0.15) is 5.10 Å². The minimum absolute atomic E-state index is 0.00304. The third kappa shape index (κ3) is 2.74. The van der Waals surface area contributed by atoms with Gasteiger partial charge in [-0.1, -0.05) is 6.92 Å². The summed E-state index contributed by atoms with van der Waals surface area (Å²) in [7, 11) is 1.60. The summed E-state index contributed by atoms with van der Waals surface area (Å²) in [5.74, 6) is 0.0674. The van der Waals surface area contributed by atoms with Crippen LogP contribution in [0.2, 0.25) is 0 Å². The number of ether oxygens (including phenoxy) is 1. The predicted octanol–water partition coefficient (Wildman–Crippen LogP) is 1.61. The lowest BCUT2D eigenvalue weighted by Gasteiger charge is -2.27. The van der Waals surface area contributed by atoms with Crippen LogP contribution in [0.3, 0.4) is 0 Å². The number of aliphatic hydroxyl groups is 1. The Morgan fingerprint density at radius 1 is 1.52 bits per heavy atom. The summed E-state index contributed by atoms with van der Waals surface area (Å²) in [5.41, 5.74) is 7.70. The van der Waals surface area contributed by atoms with Crippen molar-refractivity contribution < 1.29 is 14.2 Å². The molecule has 7 heteroatoms. The largest absolute Gasteiger partial charge is 0.397 e. The minimum atomic E-state index is -0.386. The van der Waals surface area contributed by atoms with Gasteiger partial charge in [0.05, 0.1) is 43.4 Å². The van der Waals surface area contributed by atoms with Gasteiger partial charge < -0.3 is 20.5 Å². The van der Waals surface area contributed by atoms with Crippen LogP contribution in [-0.2, 0) is 11.3 Å². The first kappa shape index (κ1) is 16.0. The zero-order chi connectivity index (χ0) is 16.6. The zero-order valence-corrected chi connectivity index (χ0v) is 13.5. The average Bonchev–Trinajstić information content (AvgIpc) is 3.09. The number of hydrogen-bond donors (Lipinski definition) is 2. The Morgan fingerprint density at radius 3 is 3.00 bits per heavy atom. The molecule has 0 spiro atoms. The number of benzene rings is 1. The molecule has 0 unspecified atom stereocenters. The van der Waals surface area contributed by atoms with Crippen LogP contribution in [-0.4, -0.2) is 47.8 Å². The standard InChI is InChI=1S/C16H23FN4O2/c1-10-5-11(9-22)20(8-10)16-12-7-19-21(3-4-23-2)15(12)13(17)6-14(16)18/h6-7,10-11,22H,3-5,8-9,18H2,1-2H3/t10-,11-/m0/s1. The van der Waals surface area contributed by atoms with E-state index in [9.17, 15) is 9.50 Å². The van der Waals surface area contributed by atoms with E-state index in [2.05, 4.69) is 16.9 Å². The summed E-state index contributed by atoms with van der Waals surface area (Å²) in [6.07, 6.45) is 2.55. The number of nitrogens with zero attached hydrogens (tertiary/aromatic N) is 3. The molecule has 0 bridgehead atoms. The Kier molecular flexibility index (Phi) is 4.41. The van der Waals surface area contributed by atoms with E-state index < -0.39 is 0 Å². The topological polar surface area (TPSA) is 76.5 Å².